The number of nitro groups is 1. The first kappa shape index (κ1) is 15.7. The molecule has 0 aliphatic carbocycles. The second-order valence-electron chi connectivity index (χ2n) is 4.94. The minimum Gasteiger partial charge on any atom is -0.393 e. The lowest BCUT2D eigenvalue weighted by Gasteiger charge is -2.18. The molecule has 1 aliphatic rings. The van der Waals surface area contributed by atoms with Gasteiger partial charge < -0.3 is 10.5 Å². The average Bonchev–Trinajstić information content (AvgIpc) is 2.87. The molecule has 9 heteroatoms. The topological polar surface area (TPSA) is 116 Å². The lowest BCUT2D eigenvalue weighted by Crippen LogP contribution is -2.30. The van der Waals surface area contributed by atoms with Crippen LogP contribution in [0.4, 0.5) is 11.4 Å². The fraction of sp³-hybridized carbons (Fsp3) is 0.500. The summed E-state index contributed by atoms with van der Waals surface area (Å²) in [6, 6.07) is 2.34. The molecule has 1 heterocycles. The highest BCUT2D eigenvalue weighted by molar-refractivity contribution is 7.89. The van der Waals surface area contributed by atoms with Crippen molar-refractivity contribution in [2.75, 3.05) is 25.9 Å². The van der Waals surface area contributed by atoms with Gasteiger partial charge in [0.25, 0.3) is 5.69 Å². The van der Waals surface area contributed by atoms with Gasteiger partial charge in [0, 0.05) is 26.3 Å². The van der Waals surface area contributed by atoms with Crippen LogP contribution in [0.2, 0.25) is 0 Å². The van der Waals surface area contributed by atoms with Crippen LogP contribution in [-0.4, -0.2) is 43.9 Å². The molecule has 8 nitrogen and oxygen atoms in total. The highest BCUT2D eigenvalue weighted by atomic mass is 32.2. The molecule has 1 unspecified atom stereocenters. The number of hydrogen-bond acceptors (Lipinski definition) is 6. The van der Waals surface area contributed by atoms with Crippen molar-refractivity contribution in [3.63, 3.8) is 0 Å². The van der Waals surface area contributed by atoms with Gasteiger partial charge in [-0.05, 0) is 25.0 Å². The van der Waals surface area contributed by atoms with Gasteiger partial charge in [-0.2, -0.15) is 4.31 Å². The van der Waals surface area contributed by atoms with E-state index in [-0.39, 0.29) is 23.2 Å². The molecule has 1 fully saturated rings. The number of hydrogen-bond donors (Lipinski definition) is 1. The van der Waals surface area contributed by atoms with Crippen molar-refractivity contribution in [2.45, 2.75) is 24.3 Å². The number of benzene rings is 1. The SMILES string of the molecule is COC1CCN(S(=O)(=O)c2cc([N+](=O)[O-])c(N)cc2C)C1. The van der Waals surface area contributed by atoms with E-state index in [0.717, 1.165) is 6.07 Å². The van der Waals surface area contributed by atoms with Crippen LogP contribution in [-0.2, 0) is 14.8 Å². The number of sulfonamides is 1. The van der Waals surface area contributed by atoms with E-state index in [1.807, 2.05) is 0 Å². The second kappa shape index (κ2) is 5.58. The zero-order chi connectivity index (χ0) is 15.8. The summed E-state index contributed by atoms with van der Waals surface area (Å²) in [4.78, 5) is 10.2. The Balaban J connectivity index is 2.45. The van der Waals surface area contributed by atoms with E-state index in [0.29, 0.717) is 18.5 Å². The quantitative estimate of drug-likeness (QED) is 0.501. The van der Waals surface area contributed by atoms with Crippen molar-refractivity contribution in [2.24, 2.45) is 0 Å². The van der Waals surface area contributed by atoms with Crippen LogP contribution in [0.3, 0.4) is 0 Å². The molecule has 1 aromatic rings. The molecule has 0 spiro atoms. The third-order valence-corrected chi connectivity index (χ3v) is 5.59. The lowest BCUT2D eigenvalue weighted by atomic mass is 10.2. The highest BCUT2D eigenvalue weighted by Crippen LogP contribution is 2.31. The molecule has 0 aromatic heterocycles. The van der Waals surface area contributed by atoms with E-state index in [1.165, 1.54) is 17.5 Å². The molecule has 1 atom stereocenters. The van der Waals surface area contributed by atoms with E-state index in [9.17, 15) is 18.5 Å². The standard InChI is InChI=1S/C12H17N3O5S/c1-8-5-10(13)11(15(16)17)6-12(8)21(18,19)14-4-3-9(7-14)20-2/h5-6,9H,3-4,7,13H2,1-2H3. The average molecular weight is 315 g/mol. The number of aryl methyl sites for hydroxylation is 1. The number of nitrogen functional groups attached to an aromatic ring is 1. The van der Waals surface area contributed by atoms with Crippen molar-refractivity contribution in [3.8, 4) is 0 Å². The fourth-order valence-corrected chi connectivity index (χ4v) is 4.10. The Labute approximate surface area is 122 Å². The number of nitro benzene ring substituents is 1. The van der Waals surface area contributed by atoms with Crippen LogP contribution < -0.4 is 5.73 Å². The molecule has 0 amide bonds. The van der Waals surface area contributed by atoms with Crippen molar-refractivity contribution in [1.29, 1.82) is 0 Å². The summed E-state index contributed by atoms with van der Waals surface area (Å²) in [5, 5.41) is 10.9. The van der Waals surface area contributed by atoms with Crippen LogP contribution in [0.5, 0.6) is 0 Å². The van der Waals surface area contributed by atoms with Crippen LogP contribution in [0, 0.1) is 17.0 Å². The molecule has 1 aromatic carbocycles. The fourth-order valence-electron chi connectivity index (χ4n) is 2.38. The van der Waals surface area contributed by atoms with Gasteiger partial charge in [0.1, 0.15) is 5.69 Å². The molecular formula is C12H17N3O5S. The summed E-state index contributed by atoms with van der Waals surface area (Å²) in [6.45, 7) is 2.14. The Kier molecular flexibility index (Phi) is 4.17. The summed E-state index contributed by atoms with van der Waals surface area (Å²) < 4.78 is 31.7. The number of rotatable bonds is 4. The summed E-state index contributed by atoms with van der Waals surface area (Å²) >= 11 is 0. The highest BCUT2D eigenvalue weighted by Gasteiger charge is 2.34. The van der Waals surface area contributed by atoms with Crippen LogP contribution >= 0.6 is 0 Å². The zero-order valence-corrected chi connectivity index (χ0v) is 12.6. The van der Waals surface area contributed by atoms with Crippen molar-refractivity contribution in [3.05, 3.63) is 27.8 Å². The normalized spacial score (nSPS) is 19.8. The van der Waals surface area contributed by atoms with Gasteiger partial charge >= 0.3 is 0 Å². The number of methoxy groups -OCH3 is 1. The molecule has 0 bridgehead atoms. The predicted molar refractivity (Wildman–Crippen MR) is 76.4 cm³/mol. The maximum absolute atomic E-state index is 12.6. The summed E-state index contributed by atoms with van der Waals surface area (Å²) in [5.41, 5.74) is 5.50. The summed E-state index contributed by atoms with van der Waals surface area (Å²) in [7, 11) is -2.26. The van der Waals surface area contributed by atoms with E-state index >= 15 is 0 Å². The Bertz CT molecular complexity index is 674. The maximum atomic E-state index is 12.6. The van der Waals surface area contributed by atoms with E-state index in [1.54, 1.807) is 6.92 Å². The molecule has 0 radical (unpaired) electrons. The van der Waals surface area contributed by atoms with Gasteiger partial charge in [0.15, 0.2) is 0 Å². The first-order valence-electron chi connectivity index (χ1n) is 6.35. The smallest absolute Gasteiger partial charge is 0.293 e. The van der Waals surface area contributed by atoms with Gasteiger partial charge in [-0.1, -0.05) is 0 Å². The molecule has 21 heavy (non-hydrogen) atoms. The molecule has 2 N–H and O–H groups in total. The number of ether oxygens (including phenoxy) is 1. The van der Waals surface area contributed by atoms with Gasteiger partial charge in [-0.25, -0.2) is 8.42 Å². The van der Waals surface area contributed by atoms with Crippen LogP contribution in [0.15, 0.2) is 17.0 Å². The first-order chi connectivity index (χ1) is 9.77. The third kappa shape index (κ3) is 2.85. The Hall–Kier alpha value is -1.71. The number of nitrogens with zero attached hydrogens (tertiary/aromatic N) is 2. The Morgan fingerprint density at radius 3 is 2.67 bits per heavy atom. The largest absolute Gasteiger partial charge is 0.393 e. The van der Waals surface area contributed by atoms with Gasteiger partial charge in [-0.15, -0.1) is 0 Å². The third-order valence-electron chi connectivity index (χ3n) is 3.58. The molecule has 1 aliphatic heterocycles. The summed E-state index contributed by atoms with van der Waals surface area (Å²) in [6.07, 6.45) is 0.454. The van der Waals surface area contributed by atoms with E-state index in [2.05, 4.69) is 0 Å². The molecule has 1 saturated heterocycles. The Morgan fingerprint density at radius 2 is 2.14 bits per heavy atom. The first-order valence-corrected chi connectivity index (χ1v) is 7.79. The predicted octanol–water partition coefficient (Wildman–Crippen LogP) is 0.895. The zero-order valence-electron chi connectivity index (χ0n) is 11.8. The molecule has 116 valence electrons. The number of anilines is 1. The number of nitrogens with two attached hydrogens (primary N) is 1. The van der Waals surface area contributed by atoms with Crippen molar-refractivity contribution >= 4 is 21.4 Å². The molecule has 2 rings (SSSR count). The summed E-state index contributed by atoms with van der Waals surface area (Å²) in [5.74, 6) is 0. The van der Waals surface area contributed by atoms with Gasteiger partial charge in [-0.3, -0.25) is 10.1 Å². The Morgan fingerprint density at radius 1 is 1.48 bits per heavy atom. The molecular weight excluding hydrogens is 298 g/mol. The molecule has 0 saturated carbocycles. The van der Waals surface area contributed by atoms with Crippen molar-refractivity contribution in [1.82, 2.24) is 4.31 Å². The maximum Gasteiger partial charge on any atom is 0.293 e. The minimum atomic E-state index is -3.79. The lowest BCUT2D eigenvalue weighted by molar-refractivity contribution is -0.384. The minimum absolute atomic E-state index is 0.0485. The second-order valence-corrected chi connectivity index (χ2v) is 6.85. The van der Waals surface area contributed by atoms with Crippen LogP contribution in [0.25, 0.3) is 0 Å². The van der Waals surface area contributed by atoms with Crippen LogP contribution in [0.1, 0.15) is 12.0 Å². The van der Waals surface area contributed by atoms with Gasteiger partial charge in [0.2, 0.25) is 10.0 Å². The van der Waals surface area contributed by atoms with Gasteiger partial charge in [0.05, 0.1) is 15.9 Å². The monoisotopic (exact) mass is 315 g/mol. The van der Waals surface area contributed by atoms with Crippen molar-refractivity contribution < 1.29 is 18.1 Å². The van der Waals surface area contributed by atoms with E-state index < -0.39 is 20.6 Å². The van der Waals surface area contributed by atoms with E-state index in [4.69, 9.17) is 10.5 Å².